The third-order valence-electron chi connectivity index (χ3n) is 6.01. The Balaban J connectivity index is 2.59. The molecule has 1 aromatic rings. The molecule has 1 aliphatic heterocycles. The topological polar surface area (TPSA) is 166 Å². The fourth-order valence-electron chi connectivity index (χ4n) is 3.93. The van der Waals surface area contributed by atoms with Crippen LogP contribution in [0.5, 0.6) is 17.2 Å². The number of carbonyl (C=O) groups is 4. The number of benzene rings is 1. The molecule has 1 aromatic carbocycles. The summed E-state index contributed by atoms with van der Waals surface area (Å²) in [5.74, 6) is -9.32. The predicted octanol–water partition coefficient (Wildman–Crippen LogP) is 3.46. The summed E-state index contributed by atoms with van der Waals surface area (Å²) in [6, 6.07) is 0.859. The minimum atomic E-state index is -1.74. The van der Waals surface area contributed by atoms with Crippen molar-refractivity contribution in [1.29, 1.82) is 0 Å². The first-order chi connectivity index (χ1) is 17.7. The molecular weight excluding hydrogens is 488 g/mol. The summed E-state index contributed by atoms with van der Waals surface area (Å²) in [6.07, 6.45) is 1.58. The van der Waals surface area contributed by atoms with E-state index in [1.54, 1.807) is 0 Å². The van der Waals surface area contributed by atoms with E-state index in [9.17, 15) is 34.5 Å². The monoisotopic (exact) mass is 524 g/mol. The van der Waals surface area contributed by atoms with Gasteiger partial charge in [-0.1, -0.05) is 40.0 Å². The minimum Gasteiger partial charge on any atom is -0.504 e. The molecule has 3 N–H and O–H groups in total. The fourth-order valence-corrected chi connectivity index (χ4v) is 3.93. The first kappa shape index (κ1) is 29.7. The normalized spacial score (nSPS) is 17.3. The van der Waals surface area contributed by atoms with E-state index in [1.165, 1.54) is 0 Å². The number of aromatic hydroxyl groups is 3. The number of rotatable bonds is 14. The molecule has 0 amide bonds. The lowest BCUT2D eigenvalue weighted by atomic mass is 9.76. The lowest BCUT2D eigenvalue weighted by Gasteiger charge is -2.35. The van der Waals surface area contributed by atoms with Crippen LogP contribution in [-0.2, 0) is 33.3 Å². The van der Waals surface area contributed by atoms with Crippen molar-refractivity contribution in [3.8, 4) is 17.2 Å². The quantitative estimate of drug-likeness (QED) is 0.141. The molecule has 2 rings (SSSR count). The van der Waals surface area contributed by atoms with Crippen LogP contribution in [-0.4, -0.2) is 65.1 Å². The molecule has 37 heavy (non-hydrogen) atoms. The van der Waals surface area contributed by atoms with Gasteiger partial charge in [-0.05, 0) is 25.3 Å². The highest BCUT2D eigenvalue weighted by molar-refractivity contribution is 5.98. The zero-order valence-electron chi connectivity index (χ0n) is 21.5. The van der Waals surface area contributed by atoms with E-state index < -0.39 is 65.5 Å². The van der Waals surface area contributed by atoms with Gasteiger partial charge < -0.3 is 34.3 Å². The molecule has 3 atom stereocenters. The van der Waals surface area contributed by atoms with E-state index in [2.05, 4.69) is 0 Å². The zero-order valence-corrected chi connectivity index (χ0v) is 21.5. The van der Waals surface area contributed by atoms with Crippen LogP contribution in [0.1, 0.15) is 87.6 Å². The molecule has 206 valence electrons. The summed E-state index contributed by atoms with van der Waals surface area (Å²) in [6.45, 7) is 5.85. The second-order valence-corrected chi connectivity index (χ2v) is 8.83. The maximum absolute atomic E-state index is 13.2. The molecule has 0 radical (unpaired) electrons. The smallest absolute Gasteiger partial charge is 0.348 e. The molecule has 11 nitrogen and oxygen atoms in total. The molecule has 0 saturated carbocycles. The third-order valence-corrected chi connectivity index (χ3v) is 6.01. The van der Waals surface area contributed by atoms with Crippen molar-refractivity contribution in [2.24, 2.45) is 5.92 Å². The Kier molecular flexibility index (Phi) is 11.5. The molecule has 0 bridgehead atoms. The molecule has 11 heteroatoms. The van der Waals surface area contributed by atoms with Gasteiger partial charge in [-0.3, -0.25) is 9.59 Å². The van der Waals surface area contributed by atoms with Gasteiger partial charge in [-0.25, -0.2) is 9.59 Å². The maximum Gasteiger partial charge on any atom is 0.348 e. The Morgan fingerprint density at radius 3 is 2.05 bits per heavy atom. The predicted molar refractivity (Wildman–Crippen MR) is 129 cm³/mol. The maximum atomic E-state index is 13.2. The number of phenolic OH excluding ortho intramolecular Hbond substituents is 3. The Bertz CT molecular complexity index is 972. The summed E-state index contributed by atoms with van der Waals surface area (Å²) < 4.78 is 21.1. The molecule has 1 aliphatic rings. The van der Waals surface area contributed by atoms with Gasteiger partial charge in [-0.15, -0.1) is 0 Å². The van der Waals surface area contributed by atoms with Crippen LogP contribution < -0.4 is 0 Å². The van der Waals surface area contributed by atoms with Gasteiger partial charge in [0, 0.05) is 5.56 Å². The van der Waals surface area contributed by atoms with Gasteiger partial charge >= 0.3 is 23.9 Å². The molecule has 0 spiro atoms. The van der Waals surface area contributed by atoms with Gasteiger partial charge in [-0.2, -0.15) is 0 Å². The van der Waals surface area contributed by atoms with Gasteiger partial charge in [0.1, 0.15) is 0 Å². The van der Waals surface area contributed by atoms with E-state index in [4.69, 9.17) is 18.9 Å². The SMILES string of the molecule is CCCCOC(=O)C[C@H](C(=O)OCCCC)[C@H]1c2c(cc(O)c(O)c2O)C(=O)O[C@@H]1C(=O)OCCCC. The Morgan fingerprint density at radius 1 is 0.892 bits per heavy atom. The zero-order chi connectivity index (χ0) is 27.5. The molecule has 0 unspecified atom stereocenters. The summed E-state index contributed by atoms with van der Waals surface area (Å²) in [5.41, 5.74) is -0.705. The van der Waals surface area contributed by atoms with E-state index in [0.717, 1.165) is 18.9 Å². The number of cyclic esters (lactones) is 1. The van der Waals surface area contributed by atoms with E-state index in [1.807, 2.05) is 20.8 Å². The standard InChI is InChI=1S/C26H36O11/c1-4-7-10-34-18(28)14-16(24(31)35-11-8-5-2)20-19-15(13-17(27)21(29)22(19)30)25(32)37-23(20)26(33)36-12-9-6-3/h13,16,20,23,27,29-30H,4-12,14H2,1-3H3/t16-,20-,23-/m0/s1. The Hall–Kier alpha value is -3.50. The number of phenols is 3. The van der Waals surface area contributed by atoms with Crippen LogP contribution in [0.15, 0.2) is 6.07 Å². The van der Waals surface area contributed by atoms with Crippen molar-refractivity contribution >= 4 is 23.9 Å². The van der Waals surface area contributed by atoms with E-state index in [-0.39, 0.29) is 30.9 Å². The number of fused-ring (bicyclic) bond motifs is 1. The second kappa shape index (κ2) is 14.3. The second-order valence-electron chi connectivity index (χ2n) is 8.83. The molecule has 1 heterocycles. The van der Waals surface area contributed by atoms with Crippen LogP contribution in [0.2, 0.25) is 0 Å². The van der Waals surface area contributed by atoms with E-state index >= 15 is 0 Å². The van der Waals surface area contributed by atoms with Crippen molar-refractivity contribution < 1.29 is 53.4 Å². The molecule has 0 aromatic heterocycles. The number of esters is 4. The average Bonchev–Trinajstić information content (AvgIpc) is 2.86. The summed E-state index contributed by atoms with van der Waals surface area (Å²) in [7, 11) is 0. The number of unbranched alkanes of at least 4 members (excludes halogenated alkanes) is 3. The Morgan fingerprint density at radius 2 is 1.46 bits per heavy atom. The number of ether oxygens (including phenoxy) is 4. The highest BCUT2D eigenvalue weighted by atomic mass is 16.6. The van der Waals surface area contributed by atoms with Crippen LogP contribution in [0.4, 0.5) is 0 Å². The summed E-state index contributed by atoms with van der Waals surface area (Å²) in [5, 5.41) is 30.9. The Labute approximate surface area is 215 Å². The molecule has 0 fully saturated rings. The van der Waals surface area contributed by atoms with Crippen molar-refractivity contribution in [2.75, 3.05) is 19.8 Å². The first-order valence-corrected chi connectivity index (χ1v) is 12.6. The van der Waals surface area contributed by atoms with Crippen molar-refractivity contribution in [3.63, 3.8) is 0 Å². The van der Waals surface area contributed by atoms with Crippen LogP contribution >= 0.6 is 0 Å². The van der Waals surface area contributed by atoms with E-state index in [0.29, 0.717) is 25.7 Å². The van der Waals surface area contributed by atoms with Crippen LogP contribution in [0.3, 0.4) is 0 Å². The first-order valence-electron chi connectivity index (χ1n) is 12.6. The van der Waals surface area contributed by atoms with Gasteiger partial charge in [0.05, 0.1) is 43.6 Å². The summed E-state index contributed by atoms with van der Waals surface area (Å²) >= 11 is 0. The minimum absolute atomic E-state index is 0.0143. The lowest BCUT2D eigenvalue weighted by molar-refractivity contribution is -0.164. The van der Waals surface area contributed by atoms with Crippen molar-refractivity contribution in [2.45, 2.75) is 77.7 Å². The van der Waals surface area contributed by atoms with Gasteiger partial charge in [0.15, 0.2) is 11.5 Å². The molecule has 0 aliphatic carbocycles. The number of carbonyl (C=O) groups excluding carboxylic acids is 4. The third kappa shape index (κ3) is 7.50. The fraction of sp³-hybridized carbons (Fsp3) is 0.615. The number of hydrogen-bond acceptors (Lipinski definition) is 11. The molecule has 0 saturated heterocycles. The highest BCUT2D eigenvalue weighted by Gasteiger charge is 2.50. The highest BCUT2D eigenvalue weighted by Crippen LogP contribution is 2.50. The number of hydrogen-bond donors (Lipinski definition) is 3. The average molecular weight is 525 g/mol. The van der Waals surface area contributed by atoms with Crippen LogP contribution in [0.25, 0.3) is 0 Å². The van der Waals surface area contributed by atoms with Gasteiger partial charge in [0.25, 0.3) is 0 Å². The van der Waals surface area contributed by atoms with Gasteiger partial charge in [0.2, 0.25) is 11.9 Å². The summed E-state index contributed by atoms with van der Waals surface area (Å²) in [4.78, 5) is 51.7. The molecular formula is C26H36O11. The van der Waals surface area contributed by atoms with Crippen LogP contribution in [0, 0.1) is 5.92 Å². The van der Waals surface area contributed by atoms with Crippen molar-refractivity contribution in [1.82, 2.24) is 0 Å². The van der Waals surface area contributed by atoms with Crippen molar-refractivity contribution in [3.05, 3.63) is 17.2 Å². The largest absolute Gasteiger partial charge is 0.504 e. The lowest BCUT2D eigenvalue weighted by Crippen LogP contribution is -2.45.